The summed E-state index contributed by atoms with van der Waals surface area (Å²) >= 11 is 0. The SMILES string of the molecule is CCOCCOC1CCCC(C)(C)C1NC. The highest BCUT2D eigenvalue weighted by Gasteiger charge is 2.38. The molecule has 1 aliphatic carbocycles. The maximum Gasteiger partial charge on any atom is 0.0734 e. The van der Waals surface area contributed by atoms with E-state index >= 15 is 0 Å². The first kappa shape index (κ1) is 13.9. The van der Waals surface area contributed by atoms with E-state index in [1.165, 1.54) is 19.3 Å². The van der Waals surface area contributed by atoms with Crippen molar-refractivity contribution >= 4 is 0 Å². The molecule has 0 aromatic rings. The Hall–Kier alpha value is -0.120. The molecule has 3 heteroatoms. The second-order valence-corrected chi connectivity index (χ2v) is 5.25. The fourth-order valence-electron chi connectivity index (χ4n) is 2.74. The van der Waals surface area contributed by atoms with Crippen LogP contribution in [-0.4, -0.2) is 39.0 Å². The van der Waals surface area contributed by atoms with Gasteiger partial charge in [0.15, 0.2) is 0 Å². The van der Waals surface area contributed by atoms with Crippen LogP contribution < -0.4 is 5.32 Å². The van der Waals surface area contributed by atoms with Gasteiger partial charge in [-0.05, 0) is 32.2 Å². The molecule has 0 aromatic carbocycles. The summed E-state index contributed by atoms with van der Waals surface area (Å²) in [5.74, 6) is 0. The first-order valence-electron chi connectivity index (χ1n) is 6.48. The Morgan fingerprint density at radius 1 is 1.31 bits per heavy atom. The minimum Gasteiger partial charge on any atom is -0.379 e. The van der Waals surface area contributed by atoms with Gasteiger partial charge in [-0.2, -0.15) is 0 Å². The van der Waals surface area contributed by atoms with Crippen LogP contribution >= 0.6 is 0 Å². The van der Waals surface area contributed by atoms with E-state index in [1.807, 2.05) is 14.0 Å². The number of likely N-dealkylation sites (N-methyl/N-ethyl adjacent to an activating group) is 1. The summed E-state index contributed by atoms with van der Waals surface area (Å²) in [7, 11) is 2.04. The highest BCUT2D eigenvalue weighted by molar-refractivity contribution is 4.93. The van der Waals surface area contributed by atoms with Gasteiger partial charge in [-0.3, -0.25) is 0 Å². The van der Waals surface area contributed by atoms with Gasteiger partial charge < -0.3 is 14.8 Å². The second kappa shape index (κ2) is 6.58. The van der Waals surface area contributed by atoms with Crippen molar-refractivity contribution in [1.29, 1.82) is 0 Å². The molecule has 16 heavy (non-hydrogen) atoms. The molecule has 1 N–H and O–H groups in total. The van der Waals surface area contributed by atoms with E-state index < -0.39 is 0 Å². The molecule has 0 heterocycles. The summed E-state index contributed by atoms with van der Waals surface area (Å²) in [4.78, 5) is 0. The van der Waals surface area contributed by atoms with Crippen molar-refractivity contribution in [2.24, 2.45) is 5.41 Å². The molecule has 0 radical (unpaired) electrons. The van der Waals surface area contributed by atoms with Crippen LogP contribution in [0.5, 0.6) is 0 Å². The maximum atomic E-state index is 5.94. The van der Waals surface area contributed by atoms with Crippen molar-refractivity contribution in [2.45, 2.75) is 52.2 Å². The van der Waals surface area contributed by atoms with Crippen LogP contribution in [0.2, 0.25) is 0 Å². The van der Waals surface area contributed by atoms with Gasteiger partial charge in [0.2, 0.25) is 0 Å². The Balaban J connectivity index is 2.38. The molecule has 0 aromatic heterocycles. The minimum atomic E-state index is 0.337. The zero-order valence-corrected chi connectivity index (χ0v) is 11.2. The van der Waals surface area contributed by atoms with Gasteiger partial charge in [0.05, 0.1) is 19.3 Å². The third-order valence-electron chi connectivity index (χ3n) is 3.60. The van der Waals surface area contributed by atoms with Gasteiger partial charge in [0.1, 0.15) is 0 Å². The zero-order valence-electron chi connectivity index (χ0n) is 11.2. The Kier molecular flexibility index (Phi) is 5.73. The predicted molar refractivity (Wildman–Crippen MR) is 66.7 cm³/mol. The summed E-state index contributed by atoms with van der Waals surface area (Å²) in [6.45, 7) is 8.87. The van der Waals surface area contributed by atoms with E-state index in [4.69, 9.17) is 9.47 Å². The van der Waals surface area contributed by atoms with Crippen molar-refractivity contribution in [2.75, 3.05) is 26.9 Å². The van der Waals surface area contributed by atoms with Crippen molar-refractivity contribution in [3.05, 3.63) is 0 Å². The van der Waals surface area contributed by atoms with Crippen LogP contribution in [0.1, 0.15) is 40.0 Å². The highest BCUT2D eigenvalue weighted by Crippen LogP contribution is 2.36. The molecule has 0 saturated heterocycles. The molecule has 96 valence electrons. The third kappa shape index (κ3) is 3.72. The molecule has 0 spiro atoms. The van der Waals surface area contributed by atoms with E-state index in [9.17, 15) is 0 Å². The molecule has 0 amide bonds. The summed E-state index contributed by atoms with van der Waals surface area (Å²) in [5.41, 5.74) is 0.337. The molecule has 1 fully saturated rings. The average Bonchev–Trinajstić information content (AvgIpc) is 2.23. The smallest absolute Gasteiger partial charge is 0.0734 e. The van der Waals surface area contributed by atoms with Crippen molar-refractivity contribution in [3.8, 4) is 0 Å². The molecule has 2 atom stereocenters. The molecule has 1 rings (SSSR count). The molecule has 0 aliphatic heterocycles. The van der Waals surface area contributed by atoms with Crippen LogP contribution in [0.15, 0.2) is 0 Å². The predicted octanol–water partition coefficient (Wildman–Crippen LogP) is 2.21. The van der Waals surface area contributed by atoms with E-state index in [-0.39, 0.29) is 0 Å². The first-order chi connectivity index (χ1) is 7.61. The van der Waals surface area contributed by atoms with E-state index in [0.29, 0.717) is 30.8 Å². The lowest BCUT2D eigenvalue weighted by molar-refractivity contribution is -0.0531. The molecule has 1 saturated carbocycles. The summed E-state index contributed by atoms with van der Waals surface area (Å²) in [5, 5.41) is 3.42. The van der Waals surface area contributed by atoms with Gasteiger partial charge in [0.25, 0.3) is 0 Å². The van der Waals surface area contributed by atoms with Crippen LogP contribution in [0.3, 0.4) is 0 Å². The number of nitrogens with one attached hydrogen (secondary N) is 1. The van der Waals surface area contributed by atoms with Crippen LogP contribution in [0.4, 0.5) is 0 Å². The van der Waals surface area contributed by atoms with Crippen LogP contribution in [0, 0.1) is 5.41 Å². The summed E-state index contributed by atoms with van der Waals surface area (Å²) < 4.78 is 11.2. The van der Waals surface area contributed by atoms with Gasteiger partial charge in [-0.1, -0.05) is 20.3 Å². The van der Waals surface area contributed by atoms with Gasteiger partial charge in [0, 0.05) is 12.6 Å². The zero-order chi connectivity index (χ0) is 12.0. The topological polar surface area (TPSA) is 30.5 Å². The number of hydrogen-bond donors (Lipinski definition) is 1. The second-order valence-electron chi connectivity index (χ2n) is 5.25. The van der Waals surface area contributed by atoms with Gasteiger partial charge in [-0.25, -0.2) is 0 Å². The van der Waals surface area contributed by atoms with Gasteiger partial charge in [-0.15, -0.1) is 0 Å². The van der Waals surface area contributed by atoms with E-state index in [2.05, 4.69) is 19.2 Å². The number of rotatable bonds is 6. The molecule has 2 unspecified atom stereocenters. The van der Waals surface area contributed by atoms with E-state index in [0.717, 1.165) is 6.61 Å². The average molecular weight is 229 g/mol. The Labute approximate surface area is 99.9 Å². The fraction of sp³-hybridized carbons (Fsp3) is 1.00. The number of ether oxygens (including phenoxy) is 2. The lowest BCUT2D eigenvalue weighted by Crippen LogP contribution is -2.52. The van der Waals surface area contributed by atoms with Gasteiger partial charge >= 0.3 is 0 Å². The van der Waals surface area contributed by atoms with Crippen LogP contribution in [0.25, 0.3) is 0 Å². The minimum absolute atomic E-state index is 0.337. The van der Waals surface area contributed by atoms with Crippen molar-refractivity contribution < 1.29 is 9.47 Å². The van der Waals surface area contributed by atoms with Crippen molar-refractivity contribution in [3.63, 3.8) is 0 Å². The maximum absolute atomic E-state index is 5.94. The van der Waals surface area contributed by atoms with Crippen LogP contribution in [-0.2, 0) is 9.47 Å². The normalized spacial score (nSPS) is 29.2. The number of hydrogen-bond acceptors (Lipinski definition) is 3. The Bertz CT molecular complexity index is 194. The Morgan fingerprint density at radius 2 is 2.06 bits per heavy atom. The largest absolute Gasteiger partial charge is 0.379 e. The van der Waals surface area contributed by atoms with Crippen molar-refractivity contribution in [1.82, 2.24) is 5.32 Å². The quantitative estimate of drug-likeness (QED) is 0.708. The highest BCUT2D eigenvalue weighted by atomic mass is 16.5. The lowest BCUT2D eigenvalue weighted by Gasteiger charge is -2.43. The fourth-order valence-corrected chi connectivity index (χ4v) is 2.74. The first-order valence-corrected chi connectivity index (χ1v) is 6.48. The summed E-state index contributed by atoms with van der Waals surface area (Å²) in [6, 6.07) is 0.461. The molecular weight excluding hydrogens is 202 g/mol. The standard InChI is InChI=1S/C13H27NO2/c1-5-15-9-10-16-11-7-6-8-13(2,3)12(11)14-4/h11-12,14H,5-10H2,1-4H3. The van der Waals surface area contributed by atoms with E-state index in [1.54, 1.807) is 0 Å². The third-order valence-corrected chi connectivity index (χ3v) is 3.60. The monoisotopic (exact) mass is 229 g/mol. The Morgan fingerprint density at radius 3 is 2.69 bits per heavy atom. The molecule has 1 aliphatic rings. The lowest BCUT2D eigenvalue weighted by atomic mass is 9.72. The summed E-state index contributed by atoms with van der Waals surface area (Å²) in [6.07, 6.45) is 4.06. The molecule has 3 nitrogen and oxygen atoms in total. The molecular formula is C13H27NO2. The molecule has 0 bridgehead atoms.